The monoisotopic (exact) mass is 457 g/mol. The number of thiocarbonyl (C=S) groups is 1. The molecule has 2 aliphatic rings. The van der Waals surface area contributed by atoms with Crippen LogP contribution in [0.3, 0.4) is 0 Å². The first-order valence-electron chi connectivity index (χ1n) is 10.1. The topological polar surface area (TPSA) is 47.6 Å². The van der Waals surface area contributed by atoms with Crippen molar-refractivity contribution in [3.05, 3.63) is 112 Å². The van der Waals surface area contributed by atoms with E-state index in [2.05, 4.69) is 23.5 Å². The summed E-state index contributed by atoms with van der Waals surface area (Å²) < 4.78 is 12.2. The van der Waals surface area contributed by atoms with Gasteiger partial charge in [0.25, 0.3) is 5.91 Å². The molecule has 0 aliphatic carbocycles. The molecule has 1 N–H and O–H groups in total. The van der Waals surface area contributed by atoms with E-state index in [0.717, 1.165) is 33.8 Å². The molecule has 4 nitrogen and oxygen atoms in total. The zero-order chi connectivity index (χ0) is 22.1. The van der Waals surface area contributed by atoms with Crippen molar-refractivity contribution in [1.29, 1.82) is 0 Å². The molecule has 32 heavy (non-hydrogen) atoms. The standard InChI is InChI=1S/C26H19NO3S2/c1-29-18-13-11-17(12-14-18)24-20(15-22-25(28)27-26(31)32-22)23(16-7-3-2-4-8-16)19-9-5-6-10-21(19)30-24/h2-15,23H,1H3,(H,27,28,31)/b22-15+. The van der Waals surface area contributed by atoms with Crippen molar-refractivity contribution in [2.45, 2.75) is 5.92 Å². The van der Waals surface area contributed by atoms with Gasteiger partial charge in [0.15, 0.2) is 0 Å². The van der Waals surface area contributed by atoms with Crippen molar-refractivity contribution in [1.82, 2.24) is 5.32 Å². The molecule has 0 saturated carbocycles. The number of amides is 1. The molecular weight excluding hydrogens is 438 g/mol. The molecule has 6 heteroatoms. The van der Waals surface area contributed by atoms with E-state index in [9.17, 15) is 4.79 Å². The van der Waals surface area contributed by atoms with E-state index in [0.29, 0.717) is 15.0 Å². The summed E-state index contributed by atoms with van der Waals surface area (Å²) in [5.41, 5.74) is 3.97. The number of allylic oxidation sites excluding steroid dienone is 2. The van der Waals surface area contributed by atoms with Gasteiger partial charge >= 0.3 is 0 Å². The summed E-state index contributed by atoms with van der Waals surface area (Å²) in [5.74, 6) is 1.98. The van der Waals surface area contributed by atoms with Gasteiger partial charge in [0.1, 0.15) is 21.6 Å². The van der Waals surface area contributed by atoms with Crippen LogP contribution in [0.25, 0.3) is 5.76 Å². The Hall–Kier alpha value is -3.35. The van der Waals surface area contributed by atoms with Crippen molar-refractivity contribution in [3.8, 4) is 11.5 Å². The molecule has 1 saturated heterocycles. The van der Waals surface area contributed by atoms with Gasteiger partial charge in [0.2, 0.25) is 0 Å². The lowest BCUT2D eigenvalue weighted by Gasteiger charge is -2.30. The Morgan fingerprint density at radius 1 is 1.00 bits per heavy atom. The molecule has 1 unspecified atom stereocenters. The Morgan fingerprint density at radius 2 is 1.72 bits per heavy atom. The second kappa shape index (κ2) is 8.65. The normalized spacial score (nSPS) is 18.9. The SMILES string of the molecule is COc1ccc(C2=C(/C=C3/SC(=S)NC3=O)C(c3ccccc3)c3ccccc3O2)cc1. The van der Waals surface area contributed by atoms with Crippen molar-refractivity contribution >= 4 is 40.0 Å². The van der Waals surface area contributed by atoms with Crippen molar-refractivity contribution in [2.24, 2.45) is 0 Å². The summed E-state index contributed by atoms with van der Waals surface area (Å²) in [6.45, 7) is 0. The number of hydrogen-bond acceptors (Lipinski definition) is 5. The second-order valence-electron chi connectivity index (χ2n) is 7.35. The van der Waals surface area contributed by atoms with E-state index in [1.54, 1.807) is 7.11 Å². The van der Waals surface area contributed by atoms with E-state index in [1.165, 1.54) is 11.8 Å². The highest BCUT2D eigenvalue weighted by Gasteiger charge is 2.32. The molecule has 1 amide bonds. The summed E-state index contributed by atoms with van der Waals surface area (Å²) in [5, 5.41) is 2.71. The fraction of sp³-hybridized carbons (Fsp3) is 0.0769. The summed E-state index contributed by atoms with van der Waals surface area (Å²) in [6, 6.07) is 26.0. The number of methoxy groups -OCH3 is 1. The van der Waals surface area contributed by atoms with Crippen LogP contribution in [0.5, 0.6) is 11.5 Å². The van der Waals surface area contributed by atoms with Crippen LogP contribution in [0.2, 0.25) is 0 Å². The van der Waals surface area contributed by atoms with Crippen LogP contribution >= 0.6 is 24.0 Å². The van der Waals surface area contributed by atoms with Crippen LogP contribution in [0, 0.1) is 0 Å². The number of hydrogen-bond donors (Lipinski definition) is 1. The van der Waals surface area contributed by atoms with Gasteiger partial charge in [-0.3, -0.25) is 4.79 Å². The molecule has 3 aromatic carbocycles. The maximum atomic E-state index is 12.5. The van der Waals surface area contributed by atoms with Gasteiger partial charge in [-0.2, -0.15) is 0 Å². The molecule has 0 radical (unpaired) electrons. The summed E-state index contributed by atoms with van der Waals surface area (Å²) in [4.78, 5) is 13.1. The van der Waals surface area contributed by atoms with Gasteiger partial charge in [-0.15, -0.1) is 0 Å². The van der Waals surface area contributed by atoms with Crippen molar-refractivity contribution < 1.29 is 14.3 Å². The quantitative estimate of drug-likeness (QED) is 0.405. The van der Waals surface area contributed by atoms with Crippen LogP contribution in [0.4, 0.5) is 0 Å². The highest BCUT2D eigenvalue weighted by atomic mass is 32.2. The number of rotatable bonds is 4. The number of benzene rings is 3. The predicted molar refractivity (Wildman–Crippen MR) is 132 cm³/mol. The summed E-state index contributed by atoms with van der Waals surface area (Å²) >= 11 is 6.48. The molecule has 0 aromatic heterocycles. The molecule has 2 heterocycles. The zero-order valence-corrected chi connectivity index (χ0v) is 18.8. The van der Waals surface area contributed by atoms with Crippen molar-refractivity contribution in [2.75, 3.05) is 7.11 Å². The van der Waals surface area contributed by atoms with Gasteiger partial charge in [-0.1, -0.05) is 72.5 Å². The molecular formula is C26H19NO3S2. The van der Waals surface area contributed by atoms with E-state index in [1.807, 2.05) is 66.7 Å². The molecule has 5 rings (SSSR count). The molecule has 158 valence electrons. The average molecular weight is 458 g/mol. The first kappa shape index (κ1) is 20.5. The smallest absolute Gasteiger partial charge is 0.263 e. The number of ether oxygens (including phenoxy) is 2. The highest BCUT2D eigenvalue weighted by molar-refractivity contribution is 8.26. The molecule has 1 atom stereocenters. The number of para-hydroxylation sites is 1. The number of thioether (sulfide) groups is 1. The van der Waals surface area contributed by atoms with Gasteiger partial charge in [0.05, 0.1) is 12.0 Å². The van der Waals surface area contributed by atoms with E-state index in [4.69, 9.17) is 21.7 Å². The largest absolute Gasteiger partial charge is 0.497 e. The third kappa shape index (κ3) is 3.83. The van der Waals surface area contributed by atoms with Crippen LogP contribution < -0.4 is 14.8 Å². The second-order valence-corrected chi connectivity index (χ2v) is 9.07. The lowest BCUT2D eigenvalue weighted by atomic mass is 9.81. The summed E-state index contributed by atoms with van der Waals surface area (Å²) in [6.07, 6.45) is 1.91. The lowest BCUT2D eigenvalue weighted by Crippen LogP contribution is -2.19. The predicted octanol–water partition coefficient (Wildman–Crippen LogP) is 5.66. The summed E-state index contributed by atoms with van der Waals surface area (Å²) in [7, 11) is 1.64. The molecule has 2 aliphatic heterocycles. The van der Waals surface area contributed by atoms with Crippen LogP contribution in [-0.2, 0) is 4.79 Å². The molecule has 1 fully saturated rings. The van der Waals surface area contributed by atoms with Crippen LogP contribution in [-0.4, -0.2) is 17.3 Å². The number of carbonyl (C=O) groups is 1. The Morgan fingerprint density at radius 3 is 2.41 bits per heavy atom. The minimum absolute atomic E-state index is 0.103. The minimum atomic E-state index is -0.188. The lowest BCUT2D eigenvalue weighted by molar-refractivity contribution is -0.115. The molecule has 0 bridgehead atoms. The Labute approximate surface area is 195 Å². The number of fused-ring (bicyclic) bond motifs is 1. The molecule has 0 spiro atoms. The first-order valence-corrected chi connectivity index (χ1v) is 11.3. The number of nitrogens with one attached hydrogen (secondary N) is 1. The van der Waals surface area contributed by atoms with Gasteiger partial charge in [-0.05, 0) is 42.0 Å². The maximum Gasteiger partial charge on any atom is 0.263 e. The van der Waals surface area contributed by atoms with Gasteiger partial charge in [-0.25, -0.2) is 0 Å². The van der Waals surface area contributed by atoms with Crippen LogP contribution in [0.1, 0.15) is 22.6 Å². The fourth-order valence-corrected chi connectivity index (χ4v) is 5.00. The van der Waals surface area contributed by atoms with E-state index < -0.39 is 0 Å². The Kier molecular flexibility index (Phi) is 5.55. The highest BCUT2D eigenvalue weighted by Crippen LogP contribution is 2.47. The van der Waals surface area contributed by atoms with Gasteiger partial charge in [0, 0.05) is 22.6 Å². The van der Waals surface area contributed by atoms with Gasteiger partial charge < -0.3 is 14.8 Å². The fourth-order valence-electron chi connectivity index (χ4n) is 3.96. The third-order valence-electron chi connectivity index (χ3n) is 5.43. The zero-order valence-electron chi connectivity index (χ0n) is 17.2. The average Bonchev–Trinajstić information content (AvgIpc) is 3.15. The third-order valence-corrected chi connectivity index (χ3v) is 6.59. The number of carbonyl (C=O) groups excluding carboxylic acids is 1. The molecule has 3 aromatic rings. The maximum absolute atomic E-state index is 12.5. The Balaban J connectivity index is 1.76. The van der Waals surface area contributed by atoms with Crippen molar-refractivity contribution in [3.63, 3.8) is 0 Å². The minimum Gasteiger partial charge on any atom is -0.497 e. The first-order chi connectivity index (χ1) is 15.6. The van der Waals surface area contributed by atoms with E-state index in [-0.39, 0.29) is 11.8 Å². The Bertz CT molecular complexity index is 1260. The van der Waals surface area contributed by atoms with E-state index >= 15 is 0 Å². The van der Waals surface area contributed by atoms with Crippen LogP contribution in [0.15, 0.2) is 95.4 Å².